The Hall–Kier alpha value is -3.79. The number of aliphatic carboxylic acids is 1. The van der Waals surface area contributed by atoms with E-state index in [1.165, 1.54) is 30.9 Å². The summed E-state index contributed by atoms with van der Waals surface area (Å²) in [5.74, 6) is -2.62. The van der Waals surface area contributed by atoms with E-state index < -0.39 is 66.7 Å². The molecule has 0 unspecified atom stereocenters. The first-order chi connectivity index (χ1) is 25.5. The van der Waals surface area contributed by atoms with Crippen LogP contribution in [-0.2, 0) is 38.4 Å². The normalized spacial score (nSPS) is 20.2. The number of carboxylic acids is 1. The standard InChI is InChI=1S/C37H47F2N4O9PS/c1-6-51-53(49,52-7-2)37(38,39)25-13-14-28-24(19-25)20-29(54-28)33(46)41-32(36(3,4)5)35(48)43-16-15-26(40-21-30(44)45)31(43)34(47)42-17-18-50-27(22-42)23-11-9-8-10-12-23/h8-14,19-20,26-27,31-32,40H,6-7,15-18,21-22H2,1-5H3,(H,41,46)(H,44,45)/t26-,27+,31+,32-/m1/s1. The number of ether oxygens (including phenoxy) is 1. The van der Waals surface area contributed by atoms with Gasteiger partial charge in [0.2, 0.25) is 11.8 Å². The van der Waals surface area contributed by atoms with E-state index in [0.717, 1.165) is 29.0 Å². The zero-order valence-corrected chi connectivity index (χ0v) is 32.6. The van der Waals surface area contributed by atoms with Crippen LogP contribution in [0, 0.1) is 5.41 Å². The Kier molecular flexibility index (Phi) is 13.0. The fraction of sp³-hybridized carbons (Fsp3) is 0.514. The van der Waals surface area contributed by atoms with Crippen LogP contribution >= 0.6 is 18.9 Å². The number of nitrogens with zero attached hydrogens (tertiary/aromatic N) is 2. The highest BCUT2D eigenvalue weighted by atomic mass is 32.1. The first-order valence-electron chi connectivity index (χ1n) is 17.8. The van der Waals surface area contributed by atoms with Gasteiger partial charge in [-0.1, -0.05) is 57.2 Å². The first kappa shape index (κ1) is 41.4. The molecule has 2 aromatic carbocycles. The minimum absolute atomic E-state index is 0.134. The molecule has 3 N–H and O–H groups in total. The number of benzene rings is 2. The second-order valence-corrected chi connectivity index (χ2v) is 17.4. The van der Waals surface area contributed by atoms with Crippen LogP contribution in [0.2, 0.25) is 0 Å². The van der Waals surface area contributed by atoms with Crippen LogP contribution in [0.3, 0.4) is 0 Å². The molecule has 2 saturated heterocycles. The number of nitrogens with one attached hydrogen (secondary N) is 2. The molecular weight excluding hydrogens is 745 g/mol. The van der Waals surface area contributed by atoms with Crippen molar-refractivity contribution in [3.05, 3.63) is 70.6 Å². The molecular formula is C37H47F2N4O9PS. The smallest absolute Gasteiger partial charge is 0.404 e. The number of hydrogen-bond acceptors (Lipinski definition) is 10. The monoisotopic (exact) mass is 792 g/mol. The number of likely N-dealkylation sites (tertiary alicyclic amines) is 1. The second kappa shape index (κ2) is 16.9. The molecule has 3 heterocycles. The summed E-state index contributed by atoms with van der Waals surface area (Å²) in [5, 5.41) is 15.5. The highest BCUT2D eigenvalue weighted by Crippen LogP contribution is 2.67. The molecule has 3 aromatic rings. The van der Waals surface area contributed by atoms with Gasteiger partial charge in [-0.15, -0.1) is 11.3 Å². The summed E-state index contributed by atoms with van der Waals surface area (Å²) in [6.07, 6.45) is -0.0841. The van der Waals surface area contributed by atoms with Gasteiger partial charge in [0.05, 0.1) is 37.8 Å². The second-order valence-electron chi connectivity index (χ2n) is 14.2. The predicted molar refractivity (Wildman–Crippen MR) is 199 cm³/mol. The van der Waals surface area contributed by atoms with E-state index >= 15 is 8.78 Å². The largest absolute Gasteiger partial charge is 0.480 e. The fourth-order valence-electron chi connectivity index (χ4n) is 6.74. The number of hydrogen-bond donors (Lipinski definition) is 3. The lowest BCUT2D eigenvalue weighted by molar-refractivity contribution is -0.151. The molecule has 0 aliphatic carbocycles. The van der Waals surface area contributed by atoms with Gasteiger partial charge in [-0.3, -0.25) is 23.7 Å². The first-order valence-corrected chi connectivity index (χ1v) is 20.2. The van der Waals surface area contributed by atoms with E-state index in [1.807, 2.05) is 30.3 Å². The summed E-state index contributed by atoms with van der Waals surface area (Å²) in [6, 6.07) is 11.7. The molecule has 17 heteroatoms. The summed E-state index contributed by atoms with van der Waals surface area (Å²) >= 11 is 1.03. The van der Waals surface area contributed by atoms with Gasteiger partial charge >= 0.3 is 19.2 Å². The van der Waals surface area contributed by atoms with Gasteiger partial charge < -0.3 is 39.3 Å². The van der Waals surface area contributed by atoms with Crippen LogP contribution in [0.25, 0.3) is 10.1 Å². The lowest BCUT2D eigenvalue weighted by Gasteiger charge is -2.40. The number of fused-ring (bicyclic) bond motifs is 1. The third-order valence-electron chi connectivity index (χ3n) is 9.42. The number of halogens is 2. The Labute approximate surface area is 316 Å². The molecule has 0 bridgehead atoms. The molecule has 54 heavy (non-hydrogen) atoms. The Bertz CT molecular complexity index is 1880. The Morgan fingerprint density at radius 2 is 1.72 bits per heavy atom. The van der Waals surface area contributed by atoms with Gasteiger partial charge in [-0.2, -0.15) is 8.78 Å². The number of amides is 3. The predicted octanol–water partition coefficient (Wildman–Crippen LogP) is 5.61. The summed E-state index contributed by atoms with van der Waals surface area (Å²) in [6.45, 7) is 8.18. The average Bonchev–Trinajstić information content (AvgIpc) is 3.77. The Morgan fingerprint density at radius 1 is 1.04 bits per heavy atom. The van der Waals surface area contributed by atoms with E-state index in [0.29, 0.717) is 11.1 Å². The summed E-state index contributed by atoms with van der Waals surface area (Å²) in [4.78, 5) is 57.3. The summed E-state index contributed by atoms with van der Waals surface area (Å²) in [5.41, 5.74) is -4.52. The van der Waals surface area contributed by atoms with Crippen LogP contribution < -0.4 is 10.6 Å². The number of carbonyl (C=O) groups is 4. The lowest BCUT2D eigenvalue weighted by atomic mass is 9.85. The van der Waals surface area contributed by atoms with Crippen molar-refractivity contribution in [2.24, 2.45) is 5.41 Å². The van der Waals surface area contributed by atoms with Crippen molar-refractivity contribution in [1.29, 1.82) is 0 Å². The van der Waals surface area contributed by atoms with Gasteiger partial charge in [0.1, 0.15) is 18.2 Å². The molecule has 2 aliphatic rings. The average molecular weight is 793 g/mol. The van der Waals surface area contributed by atoms with E-state index in [4.69, 9.17) is 13.8 Å². The molecule has 5 rings (SSSR count). The maximum absolute atomic E-state index is 15.5. The van der Waals surface area contributed by atoms with E-state index in [9.17, 15) is 28.8 Å². The number of carbonyl (C=O) groups excluding carboxylic acids is 3. The molecule has 0 saturated carbocycles. The van der Waals surface area contributed by atoms with Crippen LogP contribution in [0.15, 0.2) is 54.6 Å². The molecule has 4 atom stereocenters. The van der Waals surface area contributed by atoms with Crippen molar-refractivity contribution in [3.8, 4) is 0 Å². The number of carboxylic acid groups (broad SMARTS) is 1. The molecule has 1 aromatic heterocycles. The lowest BCUT2D eigenvalue weighted by Crippen LogP contribution is -2.61. The fourth-order valence-corrected chi connectivity index (χ4v) is 9.22. The van der Waals surface area contributed by atoms with Crippen LogP contribution in [0.4, 0.5) is 8.78 Å². The molecule has 2 fully saturated rings. The van der Waals surface area contributed by atoms with E-state index in [2.05, 4.69) is 10.6 Å². The Morgan fingerprint density at radius 3 is 2.35 bits per heavy atom. The molecule has 13 nitrogen and oxygen atoms in total. The minimum Gasteiger partial charge on any atom is -0.480 e. The van der Waals surface area contributed by atoms with Crippen LogP contribution in [-0.4, -0.2) is 103 Å². The Balaban J connectivity index is 1.39. The van der Waals surface area contributed by atoms with Crippen molar-refractivity contribution < 1.29 is 51.4 Å². The molecule has 3 amide bonds. The highest BCUT2D eigenvalue weighted by Gasteiger charge is 2.55. The van der Waals surface area contributed by atoms with Gasteiger partial charge in [0.15, 0.2) is 0 Å². The summed E-state index contributed by atoms with van der Waals surface area (Å²) in [7, 11) is -4.86. The molecule has 2 aliphatic heterocycles. The number of rotatable bonds is 14. The van der Waals surface area contributed by atoms with Gasteiger partial charge in [-0.05, 0) is 54.8 Å². The number of morpholine rings is 1. The maximum atomic E-state index is 15.5. The van der Waals surface area contributed by atoms with Gasteiger partial charge in [0.25, 0.3) is 5.91 Å². The van der Waals surface area contributed by atoms with E-state index in [-0.39, 0.29) is 61.7 Å². The molecule has 0 spiro atoms. The van der Waals surface area contributed by atoms with Crippen LogP contribution in [0.5, 0.6) is 0 Å². The van der Waals surface area contributed by atoms with Crippen molar-refractivity contribution in [1.82, 2.24) is 20.4 Å². The summed E-state index contributed by atoms with van der Waals surface area (Å²) < 4.78 is 60.4. The molecule has 0 radical (unpaired) electrons. The topological polar surface area (TPSA) is 164 Å². The van der Waals surface area contributed by atoms with Crippen molar-refractivity contribution in [2.45, 2.75) is 70.9 Å². The number of alkyl halides is 2. The van der Waals surface area contributed by atoms with Crippen molar-refractivity contribution in [3.63, 3.8) is 0 Å². The van der Waals surface area contributed by atoms with Crippen molar-refractivity contribution >= 4 is 52.7 Å². The zero-order valence-electron chi connectivity index (χ0n) is 30.9. The third kappa shape index (κ3) is 8.85. The SMILES string of the molecule is CCOP(=O)(OCC)C(F)(F)c1ccc2sc(C(=O)N[C@H](C(=O)N3CC[C@@H](NCC(=O)O)[C@H]3C(=O)N3CCO[C@H](c4ccccc4)C3)C(C)(C)C)cc2c1. The van der Waals surface area contributed by atoms with Crippen molar-refractivity contribution in [2.75, 3.05) is 46.0 Å². The maximum Gasteiger partial charge on any atom is 0.404 e. The zero-order chi connectivity index (χ0) is 39.4. The third-order valence-corrected chi connectivity index (χ3v) is 12.7. The minimum atomic E-state index is -4.86. The molecule has 294 valence electrons. The van der Waals surface area contributed by atoms with E-state index in [1.54, 1.807) is 25.7 Å². The highest BCUT2D eigenvalue weighted by molar-refractivity contribution is 7.54. The van der Waals surface area contributed by atoms with Gasteiger partial charge in [-0.25, -0.2) is 0 Å². The number of thiophene rings is 1. The quantitative estimate of drug-likeness (QED) is 0.175. The van der Waals surface area contributed by atoms with Gasteiger partial charge in [0, 0.05) is 29.4 Å². The van der Waals surface area contributed by atoms with Crippen LogP contribution in [0.1, 0.15) is 67.9 Å².